The lowest BCUT2D eigenvalue weighted by atomic mass is 10.1. The van der Waals surface area contributed by atoms with Crippen LogP contribution in [0.25, 0.3) is 0 Å². The first kappa shape index (κ1) is 15.7. The van der Waals surface area contributed by atoms with Crippen LogP contribution in [0.2, 0.25) is 0 Å². The maximum absolute atomic E-state index is 11.4. The zero-order chi connectivity index (χ0) is 16.3. The number of aliphatic hydroxyl groups excluding tert-OH is 2. The summed E-state index contributed by atoms with van der Waals surface area (Å²) in [7, 11) is 1.14. The number of hydrogen-bond acceptors (Lipinski definition) is 8. The number of carbonyl (C=O) groups excluding carboxylic acids is 1. The van der Waals surface area contributed by atoms with Gasteiger partial charge in [-0.05, 0) is 18.2 Å². The summed E-state index contributed by atoms with van der Waals surface area (Å²) in [5.74, 6) is -0.969. The van der Waals surface area contributed by atoms with Crippen molar-refractivity contribution in [3.05, 3.63) is 46.2 Å². The molecular formula is C13H13NO8. The van der Waals surface area contributed by atoms with E-state index in [0.29, 0.717) is 0 Å². The molecule has 0 spiro atoms. The second kappa shape index (κ2) is 6.41. The van der Waals surface area contributed by atoms with Gasteiger partial charge in [-0.1, -0.05) is 0 Å². The molecule has 1 aliphatic rings. The minimum Gasteiger partial charge on any atom is -0.463 e. The number of hydrogen-bond donors (Lipinski definition) is 2. The number of nitro benzene ring substituents is 1. The maximum Gasteiger partial charge on any atom is 0.373 e. The van der Waals surface area contributed by atoms with E-state index < -0.39 is 29.4 Å². The molecule has 0 bridgehead atoms. The van der Waals surface area contributed by atoms with Crippen molar-refractivity contribution >= 4 is 11.7 Å². The van der Waals surface area contributed by atoms with E-state index in [4.69, 9.17) is 9.47 Å². The van der Waals surface area contributed by atoms with Crippen molar-refractivity contribution in [1.29, 1.82) is 0 Å². The van der Waals surface area contributed by atoms with Crippen molar-refractivity contribution < 1.29 is 34.1 Å². The van der Waals surface area contributed by atoms with Gasteiger partial charge in [-0.25, -0.2) is 4.79 Å². The standard InChI is InChI=1S/C13H13NO8/c1-20-12(17)10-6-9(15)11(16)13(22-10)21-8-4-2-7(3-5-8)14(18)19/h2-6,9,11,13,15-16H,1H3/t9-,11-,13+/m0/s1. The number of carbonyl (C=O) groups is 1. The van der Waals surface area contributed by atoms with Crippen LogP contribution < -0.4 is 4.74 Å². The van der Waals surface area contributed by atoms with Crippen LogP contribution >= 0.6 is 0 Å². The topological polar surface area (TPSA) is 128 Å². The average Bonchev–Trinajstić information content (AvgIpc) is 2.51. The number of benzene rings is 1. The zero-order valence-electron chi connectivity index (χ0n) is 11.4. The Bertz CT molecular complexity index is 597. The molecule has 2 rings (SSSR count). The summed E-state index contributed by atoms with van der Waals surface area (Å²) in [5.41, 5.74) is -0.132. The smallest absolute Gasteiger partial charge is 0.373 e. The Hall–Kier alpha value is -2.65. The fourth-order valence-electron chi connectivity index (χ4n) is 1.74. The molecule has 2 N–H and O–H groups in total. The molecule has 0 radical (unpaired) electrons. The maximum atomic E-state index is 11.4. The average molecular weight is 311 g/mol. The van der Waals surface area contributed by atoms with Crippen molar-refractivity contribution in [2.45, 2.75) is 18.5 Å². The first-order chi connectivity index (χ1) is 10.4. The third-order valence-corrected chi connectivity index (χ3v) is 2.88. The van der Waals surface area contributed by atoms with E-state index >= 15 is 0 Å². The predicted molar refractivity (Wildman–Crippen MR) is 70.7 cm³/mol. The third kappa shape index (κ3) is 3.32. The molecule has 0 fully saturated rings. The third-order valence-electron chi connectivity index (χ3n) is 2.88. The quantitative estimate of drug-likeness (QED) is 0.455. The van der Waals surface area contributed by atoms with Crippen LogP contribution in [-0.4, -0.2) is 46.7 Å². The van der Waals surface area contributed by atoms with Gasteiger partial charge in [0.2, 0.25) is 5.76 Å². The zero-order valence-corrected chi connectivity index (χ0v) is 11.4. The molecule has 3 atom stereocenters. The lowest BCUT2D eigenvalue weighted by Crippen LogP contribution is -2.46. The Labute approximate surface area is 124 Å². The summed E-state index contributed by atoms with van der Waals surface area (Å²) in [6.07, 6.45) is -3.18. The van der Waals surface area contributed by atoms with Crippen molar-refractivity contribution in [2.75, 3.05) is 7.11 Å². The molecule has 1 aromatic rings. The molecule has 9 nitrogen and oxygen atoms in total. The van der Waals surface area contributed by atoms with Crippen LogP contribution in [0.15, 0.2) is 36.1 Å². The van der Waals surface area contributed by atoms with E-state index in [2.05, 4.69) is 4.74 Å². The fraction of sp³-hybridized carbons (Fsp3) is 0.308. The summed E-state index contributed by atoms with van der Waals surface area (Å²) in [6, 6.07) is 5.02. The number of non-ortho nitro benzene ring substituents is 1. The van der Waals surface area contributed by atoms with Crippen molar-refractivity contribution in [1.82, 2.24) is 0 Å². The summed E-state index contributed by atoms with van der Waals surface area (Å²) < 4.78 is 14.9. The number of rotatable bonds is 4. The van der Waals surface area contributed by atoms with Crippen LogP contribution in [-0.2, 0) is 14.3 Å². The lowest BCUT2D eigenvalue weighted by Gasteiger charge is -2.30. The number of esters is 1. The highest BCUT2D eigenvalue weighted by Gasteiger charge is 2.36. The van der Waals surface area contributed by atoms with Gasteiger partial charge >= 0.3 is 5.97 Å². The van der Waals surface area contributed by atoms with Crippen molar-refractivity contribution in [3.63, 3.8) is 0 Å². The number of ether oxygens (including phenoxy) is 3. The van der Waals surface area contributed by atoms with E-state index in [1.54, 1.807) is 0 Å². The van der Waals surface area contributed by atoms with Gasteiger partial charge in [-0.3, -0.25) is 10.1 Å². The predicted octanol–water partition coefficient (Wildman–Crippen LogP) is 0.109. The minimum absolute atomic E-state index is 0.132. The van der Waals surface area contributed by atoms with Crippen molar-refractivity contribution in [2.24, 2.45) is 0 Å². The minimum atomic E-state index is -1.44. The Morgan fingerprint density at radius 3 is 2.50 bits per heavy atom. The summed E-state index contributed by atoms with van der Waals surface area (Å²) in [5, 5.41) is 30.0. The fourth-order valence-corrected chi connectivity index (χ4v) is 1.74. The van der Waals surface area contributed by atoms with Crippen LogP contribution in [0.1, 0.15) is 0 Å². The summed E-state index contributed by atoms with van der Waals surface area (Å²) >= 11 is 0. The monoisotopic (exact) mass is 311 g/mol. The lowest BCUT2D eigenvalue weighted by molar-refractivity contribution is -0.384. The second-order valence-corrected chi connectivity index (χ2v) is 4.36. The van der Waals surface area contributed by atoms with Crippen molar-refractivity contribution in [3.8, 4) is 5.75 Å². The molecule has 1 aliphatic heterocycles. The van der Waals surface area contributed by atoms with Gasteiger partial charge in [0.15, 0.2) is 6.10 Å². The van der Waals surface area contributed by atoms with E-state index in [-0.39, 0.29) is 17.2 Å². The molecule has 1 heterocycles. The van der Waals surface area contributed by atoms with Gasteiger partial charge in [-0.15, -0.1) is 0 Å². The van der Waals surface area contributed by atoms with Gasteiger partial charge in [0.05, 0.1) is 12.0 Å². The molecule has 9 heteroatoms. The number of aliphatic hydroxyl groups is 2. The Morgan fingerprint density at radius 2 is 1.95 bits per heavy atom. The highest BCUT2D eigenvalue weighted by Crippen LogP contribution is 2.24. The van der Waals surface area contributed by atoms with Gasteiger partial charge in [-0.2, -0.15) is 0 Å². The van der Waals surface area contributed by atoms with Gasteiger partial charge in [0, 0.05) is 12.1 Å². The molecule has 0 aromatic heterocycles. The molecule has 22 heavy (non-hydrogen) atoms. The number of methoxy groups -OCH3 is 1. The molecule has 1 aromatic carbocycles. The van der Waals surface area contributed by atoms with Gasteiger partial charge in [0.1, 0.15) is 11.9 Å². The van der Waals surface area contributed by atoms with Crippen LogP contribution in [0, 0.1) is 10.1 Å². The molecular weight excluding hydrogens is 298 g/mol. The van der Waals surface area contributed by atoms with Gasteiger partial charge < -0.3 is 24.4 Å². The Kier molecular flexibility index (Phi) is 4.59. The first-order valence-corrected chi connectivity index (χ1v) is 6.16. The largest absolute Gasteiger partial charge is 0.463 e. The SMILES string of the molecule is COC(=O)C1=C[C@H](O)[C@H](O)[C@H](Oc2ccc([N+](=O)[O-])cc2)O1. The highest BCUT2D eigenvalue weighted by molar-refractivity contribution is 5.86. The molecule has 0 aliphatic carbocycles. The van der Waals surface area contributed by atoms with E-state index in [9.17, 15) is 25.1 Å². The molecule has 118 valence electrons. The highest BCUT2D eigenvalue weighted by atomic mass is 16.7. The second-order valence-electron chi connectivity index (χ2n) is 4.36. The Morgan fingerprint density at radius 1 is 1.32 bits per heavy atom. The van der Waals surface area contributed by atoms with E-state index in [0.717, 1.165) is 13.2 Å². The van der Waals surface area contributed by atoms with E-state index in [1.165, 1.54) is 24.3 Å². The molecule has 0 saturated heterocycles. The Balaban J connectivity index is 2.13. The normalized spacial score (nSPS) is 24.0. The van der Waals surface area contributed by atoms with Crippen LogP contribution in [0.3, 0.4) is 0 Å². The van der Waals surface area contributed by atoms with E-state index in [1.807, 2.05) is 0 Å². The molecule has 0 amide bonds. The summed E-state index contributed by atoms with van der Waals surface area (Å²) in [6.45, 7) is 0. The van der Waals surface area contributed by atoms with Crippen LogP contribution in [0.5, 0.6) is 5.75 Å². The van der Waals surface area contributed by atoms with Crippen LogP contribution in [0.4, 0.5) is 5.69 Å². The number of nitrogens with zero attached hydrogens (tertiary/aromatic N) is 1. The molecule has 0 saturated carbocycles. The first-order valence-electron chi connectivity index (χ1n) is 6.16. The number of nitro groups is 1. The molecule has 0 unspecified atom stereocenters. The van der Waals surface area contributed by atoms with Gasteiger partial charge in [0.25, 0.3) is 12.0 Å². The summed E-state index contributed by atoms with van der Waals surface area (Å²) in [4.78, 5) is 21.4.